The van der Waals surface area contributed by atoms with Gasteiger partial charge < -0.3 is 14.2 Å². The summed E-state index contributed by atoms with van der Waals surface area (Å²) in [6, 6.07) is 8.33. The molecule has 2 unspecified atom stereocenters. The third-order valence-electron chi connectivity index (χ3n) is 9.57. The molecule has 262 valence electrons. The zero-order valence-electron chi connectivity index (χ0n) is 30.4. The first-order chi connectivity index (χ1) is 22.2. The second-order valence-electron chi connectivity index (χ2n) is 13.8. The molecule has 2 atom stereocenters. The number of nitrogens with zero attached hydrogens (tertiary/aromatic N) is 2. The Morgan fingerprint density at radius 3 is 1.20 bits per heavy atom. The minimum absolute atomic E-state index is 0.0282. The second kappa shape index (κ2) is 27.8. The van der Waals surface area contributed by atoms with Crippen molar-refractivity contribution in [3.8, 4) is 11.5 Å². The zero-order valence-corrected chi connectivity index (χ0v) is 30.4. The van der Waals surface area contributed by atoms with E-state index in [1.54, 1.807) is 0 Å². The number of hydrogen-bond acceptors (Lipinski definition) is 5. The molecule has 0 bridgehead atoms. The van der Waals surface area contributed by atoms with E-state index >= 15 is 0 Å². The van der Waals surface area contributed by atoms with Crippen molar-refractivity contribution in [3.63, 3.8) is 0 Å². The van der Waals surface area contributed by atoms with Crippen molar-refractivity contribution in [1.82, 2.24) is 9.80 Å². The summed E-state index contributed by atoms with van der Waals surface area (Å²) < 4.78 is 19.5. The molecule has 5 nitrogen and oxygen atoms in total. The zero-order chi connectivity index (χ0) is 32.2. The van der Waals surface area contributed by atoms with Gasteiger partial charge in [0.2, 0.25) is 0 Å². The van der Waals surface area contributed by atoms with Crippen LogP contribution in [-0.2, 0) is 4.74 Å². The van der Waals surface area contributed by atoms with Gasteiger partial charge >= 0.3 is 0 Å². The Morgan fingerprint density at radius 1 is 0.511 bits per heavy atom. The highest BCUT2D eigenvalue weighted by Crippen LogP contribution is 2.31. The molecular formula is C40H74N2O3. The van der Waals surface area contributed by atoms with Crippen molar-refractivity contribution < 1.29 is 14.2 Å². The van der Waals surface area contributed by atoms with Crippen LogP contribution in [-0.4, -0.2) is 62.7 Å². The van der Waals surface area contributed by atoms with E-state index in [9.17, 15) is 0 Å². The number of benzene rings is 1. The van der Waals surface area contributed by atoms with Gasteiger partial charge in [0.05, 0.1) is 0 Å². The molecule has 0 fully saturated rings. The summed E-state index contributed by atoms with van der Waals surface area (Å²) in [5, 5.41) is 0. The van der Waals surface area contributed by atoms with Gasteiger partial charge in [-0.25, -0.2) is 0 Å². The van der Waals surface area contributed by atoms with Gasteiger partial charge in [-0.05, 0) is 51.9 Å². The molecule has 0 spiro atoms. The first-order valence-corrected chi connectivity index (χ1v) is 19.6. The summed E-state index contributed by atoms with van der Waals surface area (Å²) >= 11 is 0. The summed E-state index contributed by atoms with van der Waals surface area (Å²) in [7, 11) is 4.45. The maximum atomic E-state index is 6.74. The van der Waals surface area contributed by atoms with Gasteiger partial charge in [0.1, 0.15) is 0 Å². The smallest absolute Gasteiger partial charge is 0.163 e. The first-order valence-electron chi connectivity index (χ1n) is 19.6. The molecule has 45 heavy (non-hydrogen) atoms. The molecule has 0 saturated carbocycles. The van der Waals surface area contributed by atoms with E-state index in [2.05, 4.69) is 62.0 Å². The fourth-order valence-corrected chi connectivity index (χ4v) is 6.48. The van der Waals surface area contributed by atoms with Crippen LogP contribution in [0.2, 0.25) is 0 Å². The van der Waals surface area contributed by atoms with Gasteiger partial charge in [-0.3, -0.25) is 9.80 Å². The van der Waals surface area contributed by atoms with E-state index in [1.165, 1.54) is 128 Å². The van der Waals surface area contributed by atoms with Gasteiger partial charge in [0.25, 0.3) is 0 Å². The van der Waals surface area contributed by atoms with Crippen LogP contribution in [0.5, 0.6) is 11.5 Å². The van der Waals surface area contributed by atoms with Crippen molar-refractivity contribution in [2.24, 2.45) is 0 Å². The van der Waals surface area contributed by atoms with Crippen LogP contribution in [0, 0.1) is 0 Å². The molecule has 1 aliphatic heterocycles. The van der Waals surface area contributed by atoms with Crippen LogP contribution >= 0.6 is 0 Å². The molecule has 0 amide bonds. The maximum absolute atomic E-state index is 6.74. The van der Waals surface area contributed by atoms with Gasteiger partial charge in [-0.15, -0.1) is 0 Å². The third kappa shape index (κ3) is 19.8. The van der Waals surface area contributed by atoms with E-state index in [1.807, 2.05) is 0 Å². The molecule has 1 heterocycles. The summed E-state index contributed by atoms with van der Waals surface area (Å²) in [4.78, 5) is 4.83. The molecule has 1 aromatic rings. The first kappa shape index (κ1) is 39.9. The van der Waals surface area contributed by atoms with E-state index < -0.39 is 0 Å². The Labute approximate surface area is 280 Å². The monoisotopic (exact) mass is 631 g/mol. The molecule has 1 aromatic carbocycles. The third-order valence-corrected chi connectivity index (χ3v) is 9.57. The minimum Gasteiger partial charge on any atom is -0.471 e. The van der Waals surface area contributed by atoms with Crippen LogP contribution in [0.4, 0.5) is 0 Å². The highest BCUT2D eigenvalue weighted by atomic mass is 16.5. The average Bonchev–Trinajstić information content (AvgIpc) is 3.06. The Morgan fingerprint density at radius 2 is 0.844 bits per heavy atom. The highest BCUT2D eigenvalue weighted by molar-refractivity contribution is 5.39. The lowest BCUT2D eigenvalue weighted by atomic mass is 10.1. The van der Waals surface area contributed by atoms with Crippen LogP contribution in [0.15, 0.2) is 24.3 Å². The fourth-order valence-electron chi connectivity index (χ4n) is 6.48. The van der Waals surface area contributed by atoms with Crippen molar-refractivity contribution in [2.45, 2.75) is 180 Å². The van der Waals surface area contributed by atoms with E-state index in [0.29, 0.717) is 0 Å². The quantitative estimate of drug-likeness (QED) is 0.106. The van der Waals surface area contributed by atoms with E-state index in [-0.39, 0.29) is 12.5 Å². The number of para-hydroxylation sites is 2. The van der Waals surface area contributed by atoms with Gasteiger partial charge in [-0.1, -0.05) is 142 Å². The van der Waals surface area contributed by atoms with Crippen molar-refractivity contribution >= 4 is 0 Å². The van der Waals surface area contributed by atoms with Crippen molar-refractivity contribution in [3.05, 3.63) is 24.3 Å². The molecule has 0 saturated heterocycles. The molecule has 0 N–H and O–H groups in total. The standard InChI is InChI=1S/C40H74N2O3/c1-5-7-9-11-13-15-17-19-21-25-33-41(3)39-31-27-35-43-36-28-32-40(45-38-30-24-23-29-37(38)44-39)42(4)34-26-22-20-18-16-14-12-10-8-6-2/h23-24,29-30,39-40H,5-22,25-28,31-36H2,1-4H3. The Hall–Kier alpha value is -1.30. The molecule has 5 heteroatoms. The Balaban J connectivity index is 1.82. The lowest BCUT2D eigenvalue weighted by Gasteiger charge is -2.31. The van der Waals surface area contributed by atoms with Gasteiger partial charge in [-0.2, -0.15) is 0 Å². The molecular weight excluding hydrogens is 556 g/mol. The summed E-state index contributed by atoms with van der Waals surface area (Å²) in [5.74, 6) is 1.74. The topological polar surface area (TPSA) is 34.2 Å². The highest BCUT2D eigenvalue weighted by Gasteiger charge is 2.22. The number of unbranched alkanes of at least 4 members (excludes halogenated alkanes) is 18. The molecule has 0 radical (unpaired) electrons. The molecule has 0 aromatic heterocycles. The van der Waals surface area contributed by atoms with E-state index in [0.717, 1.165) is 63.5 Å². The predicted molar refractivity (Wildman–Crippen MR) is 194 cm³/mol. The number of rotatable bonds is 24. The molecule has 1 aliphatic rings. The Kier molecular flexibility index (Phi) is 24.6. The number of fused-ring (bicyclic) bond motifs is 1. The maximum Gasteiger partial charge on any atom is 0.163 e. The Bertz CT molecular complexity index is 728. The summed E-state index contributed by atoms with van der Waals surface area (Å²) in [5.41, 5.74) is 0. The second-order valence-corrected chi connectivity index (χ2v) is 13.8. The van der Waals surface area contributed by atoms with Crippen molar-refractivity contribution in [2.75, 3.05) is 40.4 Å². The number of hydrogen-bond donors (Lipinski definition) is 0. The van der Waals surface area contributed by atoms with E-state index in [4.69, 9.17) is 14.2 Å². The average molecular weight is 631 g/mol. The van der Waals surface area contributed by atoms with Crippen molar-refractivity contribution in [1.29, 1.82) is 0 Å². The SMILES string of the molecule is CCCCCCCCCCCCN(C)C1CCCOCCCC(N(C)CCCCCCCCCCCC)Oc2ccccc2O1. The van der Waals surface area contributed by atoms with Crippen LogP contribution in [0.1, 0.15) is 168 Å². The normalized spacial score (nSPS) is 18.1. The van der Waals surface area contributed by atoms with Gasteiger partial charge in [0.15, 0.2) is 24.0 Å². The number of ether oxygens (including phenoxy) is 3. The van der Waals surface area contributed by atoms with Crippen LogP contribution < -0.4 is 9.47 Å². The summed E-state index contributed by atoms with van der Waals surface area (Å²) in [6.07, 6.45) is 31.3. The lowest BCUT2D eigenvalue weighted by Crippen LogP contribution is -2.38. The molecule has 2 rings (SSSR count). The van der Waals surface area contributed by atoms with Gasteiger partial charge in [0, 0.05) is 39.1 Å². The lowest BCUT2D eigenvalue weighted by molar-refractivity contribution is 0.0154. The van der Waals surface area contributed by atoms with Crippen LogP contribution in [0.3, 0.4) is 0 Å². The predicted octanol–water partition coefficient (Wildman–Crippen LogP) is 11.4. The summed E-state index contributed by atoms with van der Waals surface area (Å²) in [6.45, 7) is 8.31. The molecule has 0 aliphatic carbocycles. The largest absolute Gasteiger partial charge is 0.471 e. The van der Waals surface area contributed by atoms with Crippen LogP contribution in [0.25, 0.3) is 0 Å². The fraction of sp³-hybridized carbons (Fsp3) is 0.850. The minimum atomic E-state index is 0.0282.